The average molecular weight is 404 g/mol. The molecule has 0 spiro atoms. The van der Waals surface area contributed by atoms with Crippen LogP contribution in [0.25, 0.3) is 0 Å². The summed E-state index contributed by atoms with van der Waals surface area (Å²) in [4.78, 5) is 32.2. The van der Waals surface area contributed by atoms with Crippen LogP contribution in [0, 0.1) is 20.8 Å². The highest BCUT2D eigenvalue weighted by atomic mass is 35.5. The Morgan fingerprint density at radius 2 is 1.82 bits per heavy atom. The molecule has 1 saturated heterocycles. The van der Waals surface area contributed by atoms with E-state index in [9.17, 15) is 9.59 Å². The van der Waals surface area contributed by atoms with E-state index in [1.165, 1.54) is 12.7 Å². The molecule has 0 saturated carbocycles. The van der Waals surface area contributed by atoms with Crippen LogP contribution in [0.1, 0.15) is 37.7 Å². The van der Waals surface area contributed by atoms with Gasteiger partial charge in [0.25, 0.3) is 0 Å². The average Bonchev–Trinajstić information content (AvgIpc) is 2.98. The zero-order chi connectivity index (χ0) is 20.4. The number of benzene rings is 1. The number of aromatic nitrogens is 1. The van der Waals surface area contributed by atoms with E-state index in [1.54, 1.807) is 13.8 Å². The van der Waals surface area contributed by atoms with Crippen LogP contribution < -0.4 is 4.90 Å². The normalized spacial score (nSPS) is 15.0. The number of piperazine rings is 1. The van der Waals surface area contributed by atoms with Gasteiger partial charge in [0.2, 0.25) is 0 Å². The molecular weight excluding hydrogens is 378 g/mol. The van der Waals surface area contributed by atoms with Gasteiger partial charge in [0.1, 0.15) is 0 Å². The fraction of sp³-hybridized carbons (Fsp3) is 0.429. The van der Waals surface area contributed by atoms with Gasteiger partial charge in [0.15, 0.2) is 5.78 Å². The first-order valence-electron chi connectivity index (χ1n) is 9.36. The summed E-state index contributed by atoms with van der Waals surface area (Å²) in [6.45, 7) is 9.22. The second-order valence-electron chi connectivity index (χ2n) is 7.23. The Kier molecular flexibility index (Phi) is 6.10. The molecule has 1 fully saturated rings. The maximum absolute atomic E-state index is 12.8. The van der Waals surface area contributed by atoms with E-state index >= 15 is 0 Å². The van der Waals surface area contributed by atoms with E-state index in [1.807, 2.05) is 18.2 Å². The van der Waals surface area contributed by atoms with Crippen molar-refractivity contribution in [2.24, 2.45) is 0 Å². The van der Waals surface area contributed by atoms with Gasteiger partial charge in [-0.3, -0.25) is 9.69 Å². The number of nitrogens with zero attached hydrogens (tertiary/aromatic N) is 2. The van der Waals surface area contributed by atoms with Crippen molar-refractivity contribution in [2.45, 2.75) is 20.8 Å². The first kappa shape index (κ1) is 20.4. The summed E-state index contributed by atoms with van der Waals surface area (Å²) in [5.74, 6) is -0.432. The van der Waals surface area contributed by atoms with Crippen molar-refractivity contribution in [3.8, 4) is 0 Å². The predicted octanol–water partition coefficient (Wildman–Crippen LogP) is 3.38. The molecule has 28 heavy (non-hydrogen) atoms. The van der Waals surface area contributed by atoms with Crippen molar-refractivity contribution in [3.63, 3.8) is 0 Å². The maximum atomic E-state index is 12.8. The van der Waals surface area contributed by atoms with Crippen molar-refractivity contribution < 1.29 is 14.3 Å². The number of hydrogen-bond donors (Lipinski definition) is 1. The van der Waals surface area contributed by atoms with Crippen molar-refractivity contribution in [1.29, 1.82) is 0 Å². The van der Waals surface area contributed by atoms with Gasteiger partial charge in [-0.25, -0.2) is 4.79 Å². The van der Waals surface area contributed by atoms with Gasteiger partial charge >= 0.3 is 5.97 Å². The number of halogens is 1. The van der Waals surface area contributed by atoms with Crippen LogP contribution >= 0.6 is 11.6 Å². The van der Waals surface area contributed by atoms with Gasteiger partial charge < -0.3 is 14.6 Å². The molecule has 1 N–H and O–H groups in total. The minimum Gasteiger partial charge on any atom is -0.465 e. The molecule has 1 aliphatic heterocycles. The molecule has 1 aliphatic rings. The molecule has 7 heteroatoms. The topological polar surface area (TPSA) is 65.6 Å². The van der Waals surface area contributed by atoms with Crippen LogP contribution in [0.5, 0.6) is 0 Å². The van der Waals surface area contributed by atoms with E-state index in [0.717, 1.165) is 36.9 Å². The number of methoxy groups -OCH3 is 1. The third-order valence-corrected chi connectivity index (χ3v) is 5.59. The summed E-state index contributed by atoms with van der Waals surface area (Å²) in [5.41, 5.74) is 4.60. The molecule has 0 bridgehead atoms. The SMILES string of the molecule is COC(=O)c1c(C)[nH]c(C(=O)CN2CCN(c3cc(Cl)ccc3C)CC2)c1C. The number of H-pyrrole nitrogens is 1. The molecule has 6 nitrogen and oxygen atoms in total. The lowest BCUT2D eigenvalue weighted by Gasteiger charge is -2.36. The number of hydrogen-bond acceptors (Lipinski definition) is 5. The van der Waals surface area contributed by atoms with Crippen molar-refractivity contribution in [3.05, 3.63) is 51.3 Å². The van der Waals surface area contributed by atoms with E-state index in [4.69, 9.17) is 16.3 Å². The Balaban J connectivity index is 1.64. The fourth-order valence-electron chi connectivity index (χ4n) is 3.79. The van der Waals surface area contributed by atoms with Crippen molar-refractivity contribution in [2.75, 3.05) is 44.7 Å². The number of ketones is 1. The number of anilines is 1. The number of carbonyl (C=O) groups excluding carboxylic acids is 2. The largest absolute Gasteiger partial charge is 0.465 e. The zero-order valence-corrected chi connectivity index (χ0v) is 17.5. The molecule has 2 aromatic rings. The van der Waals surface area contributed by atoms with Crippen LogP contribution in [-0.2, 0) is 4.74 Å². The van der Waals surface area contributed by atoms with E-state index in [-0.39, 0.29) is 5.78 Å². The van der Waals surface area contributed by atoms with Crippen LogP contribution in [0.4, 0.5) is 5.69 Å². The highest BCUT2D eigenvalue weighted by Gasteiger charge is 2.25. The number of aromatic amines is 1. The summed E-state index contributed by atoms with van der Waals surface area (Å²) in [5, 5.41) is 0.734. The fourth-order valence-corrected chi connectivity index (χ4v) is 3.96. The molecule has 0 aliphatic carbocycles. The minimum atomic E-state index is -0.421. The van der Waals surface area contributed by atoms with Gasteiger partial charge in [0, 0.05) is 42.6 Å². The summed E-state index contributed by atoms with van der Waals surface area (Å²) in [6, 6.07) is 5.93. The highest BCUT2D eigenvalue weighted by molar-refractivity contribution is 6.30. The first-order chi connectivity index (χ1) is 13.3. The Labute approximate surface area is 170 Å². The van der Waals surface area contributed by atoms with Gasteiger partial charge in [-0.15, -0.1) is 0 Å². The monoisotopic (exact) mass is 403 g/mol. The molecule has 3 rings (SSSR count). The summed E-state index contributed by atoms with van der Waals surface area (Å²) in [6.07, 6.45) is 0. The second kappa shape index (κ2) is 8.37. The van der Waals surface area contributed by atoms with E-state index in [0.29, 0.717) is 29.1 Å². The highest BCUT2D eigenvalue weighted by Crippen LogP contribution is 2.25. The molecule has 0 amide bonds. The number of esters is 1. The second-order valence-corrected chi connectivity index (χ2v) is 7.67. The molecule has 0 unspecified atom stereocenters. The lowest BCUT2D eigenvalue weighted by atomic mass is 10.1. The van der Waals surface area contributed by atoms with Crippen molar-refractivity contribution >= 4 is 29.0 Å². The maximum Gasteiger partial charge on any atom is 0.339 e. The Hall–Kier alpha value is -2.31. The molecule has 0 radical (unpaired) electrons. The van der Waals surface area contributed by atoms with E-state index < -0.39 is 5.97 Å². The molecule has 2 heterocycles. The minimum absolute atomic E-state index is 0.0110. The van der Waals surface area contributed by atoms with Crippen LogP contribution in [-0.4, -0.2) is 61.5 Å². The van der Waals surface area contributed by atoms with Gasteiger partial charge in [-0.05, 0) is 44.0 Å². The molecule has 1 aromatic heterocycles. The smallest absolute Gasteiger partial charge is 0.339 e. The quantitative estimate of drug-likeness (QED) is 0.612. The van der Waals surface area contributed by atoms with Gasteiger partial charge in [0.05, 0.1) is 24.9 Å². The Bertz CT molecular complexity index is 899. The van der Waals surface area contributed by atoms with Crippen LogP contribution in [0.2, 0.25) is 5.02 Å². The third kappa shape index (κ3) is 4.08. The zero-order valence-electron chi connectivity index (χ0n) is 16.8. The molecule has 1 aromatic carbocycles. The first-order valence-corrected chi connectivity index (χ1v) is 9.73. The van der Waals surface area contributed by atoms with Gasteiger partial charge in [-0.1, -0.05) is 17.7 Å². The van der Waals surface area contributed by atoms with Crippen LogP contribution in [0.3, 0.4) is 0 Å². The molecule has 150 valence electrons. The molecular formula is C21H26ClN3O3. The van der Waals surface area contributed by atoms with Crippen LogP contribution in [0.15, 0.2) is 18.2 Å². The van der Waals surface area contributed by atoms with Gasteiger partial charge in [-0.2, -0.15) is 0 Å². The number of carbonyl (C=O) groups is 2. The Morgan fingerprint density at radius 1 is 1.14 bits per heavy atom. The lowest BCUT2D eigenvalue weighted by molar-refractivity contribution is 0.0599. The third-order valence-electron chi connectivity index (χ3n) is 5.36. The molecule has 0 atom stereocenters. The van der Waals surface area contributed by atoms with E-state index in [2.05, 4.69) is 21.7 Å². The standard InChI is InChI=1S/C21H26ClN3O3/c1-13-5-6-16(22)11-17(13)25-9-7-24(8-10-25)12-18(26)20-14(2)19(15(3)23-20)21(27)28-4/h5-6,11,23H,7-10,12H2,1-4H3. The van der Waals surface area contributed by atoms with Crippen molar-refractivity contribution in [1.82, 2.24) is 9.88 Å². The number of rotatable bonds is 5. The number of nitrogens with one attached hydrogen (secondary N) is 1. The summed E-state index contributed by atoms with van der Waals surface area (Å²) >= 11 is 6.15. The summed E-state index contributed by atoms with van der Waals surface area (Å²) < 4.78 is 4.82. The Morgan fingerprint density at radius 3 is 2.46 bits per heavy atom. The summed E-state index contributed by atoms with van der Waals surface area (Å²) in [7, 11) is 1.34. The predicted molar refractivity (Wildman–Crippen MR) is 111 cm³/mol. The number of ether oxygens (including phenoxy) is 1. The lowest BCUT2D eigenvalue weighted by Crippen LogP contribution is -2.48. The number of Topliss-reactive ketones (excluding diaryl/α,β-unsaturated/α-hetero) is 1. The number of aryl methyl sites for hydroxylation is 2.